The van der Waals surface area contributed by atoms with Gasteiger partial charge in [-0.1, -0.05) is 48.5 Å². The van der Waals surface area contributed by atoms with E-state index < -0.39 is 40.1 Å². The SMILES string of the molecule is COC(=O)N(C1c2ccccc2-c2ccccc21)[C@@H](CCCN(C(=N)N)S(=O)(=O)c1c(C)c(C)c2c(c1C)CCC(C)(C)O2)C(=O)O. The van der Waals surface area contributed by atoms with Gasteiger partial charge in [0.1, 0.15) is 17.4 Å². The van der Waals surface area contributed by atoms with Crippen LogP contribution < -0.4 is 10.5 Å². The molecule has 0 fully saturated rings. The van der Waals surface area contributed by atoms with Gasteiger partial charge in [-0.25, -0.2) is 22.3 Å². The third-order valence-corrected chi connectivity index (χ3v) is 11.5. The number of benzene rings is 3. The Morgan fingerprint density at radius 2 is 1.62 bits per heavy atom. The molecule has 1 heterocycles. The fourth-order valence-electron chi connectivity index (χ4n) is 6.97. The number of fused-ring (bicyclic) bond motifs is 4. The van der Waals surface area contributed by atoms with E-state index in [1.807, 2.05) is 69.3 Å². The number of guanidine groups is 1. The van der Waals surface area contributed by atoms with Crippen molar-refractivity contribution in [2.75, 3.05) is 13.7 Å². The number of amides is 1. The summed E-state index contributed by atoms with van der Waals surface area (Å²) in [6.07, 6.45) is 0.371. The zero-order valence-electron chi connectivity index (χ0n) is 27.6. The molecule has 5 rings (SSSR count). The van der Waals surface area contributed by atoms with E-state index in [0.29, 0.717) is 35.3 Å². The van der Waals surface area contributed by atoms with Crippen LogP contribution in [0.15, 0.2) is 53.4 Å². The first-order chi connectivity index (χ1) is 22.1. The van der Waals surface area contributed by atoms with Gasteiger partial charge in [-0.15, -0.1) is 0 Å². The van der Waals surface area contributed by atoms with Crippen LogP contribution in [0.3, 0.4) is 0 Å². The molecule has 11 nitrogen and oxygen atoms in total. The van der Waals surface area contributed by atoms with Crippen molar-refractivity contribution >= 4 is 28.0 Å². The van der Waals surface area contributed by atoms with Gasteiger partial charge < -0.3 is 20.3 Å². The molecule has 0 spiro atoms. The maximum absolute atomic E-state index is 14.2. The lowest BCUT2D eigenvalue weighted by Gasteiger charge is -2.36. The van der Waals surface area contributed by atoms with Gasteiger partial charge in [0.25, 0.3) is 10.0 Å². The molecule has 2 aliphatic rings. The van der Waals surface area contributed by atoms with Crippen molar-refractivity contribution in [2.45, 2.75) is 82.9 Å². The van der Waals surface area contributed by atoms with Crippen molar-refractivity contribution in [3.8, 4) is 16.9 Å². The lowest BCUT2D eigenvalue weighted by atomic mass is 9.88. The van der Waals surface area contributed by atoms with Crippen molar-refractivity contribution in [2.24, 2.45) is 5.73 Å². The van der Waals surface area contributed by atoms with Crippen LogP contribution in [0.1, 0.15) is 72.5 Å². The minimum Gasteiger partial charge on any atom is -0.487 e. The first-order valence-electron chi connectivity index (χ1n) is 15.6. The molecule has 250 valence electrons. The topological polar surface area (TPSA) is 163 Å². The third-order valence-electron chi connectivity index (χ3n) is 9.41. The molecule has 0 saturated heterocycles. The number of nitrogens with two attached hydrogens (primary N) is 1. The molecule has 0 aromatic heterocycles. The Balaban J connectivity index is 1.46. The zero-order valence-corrected chi connectivity index (χ0v) is 28.4. The van der Waals surface area contributed by atoms with Crippen LogP contribution >= 0.6 is 0 Å². The van der Waals surface area contributed by atoms with E-state index in [0.717, 1.165) is 32.1 Å². The van der Waals surface area contributed by atoms with Crippen LogP contribution in [0, 0.1) is 26.2 Å². The highest BCUT2D eigenvalue weighted by Gasteiger charge is 2.42. The van der Waals surface area contributed by atoms with Crippen LogP contribution in [-0.4, -0.2) is 66.0 Å². The number of hydrogen-bond donors (Lipinski definition) is 3. The highest BCUT2D eigenvalue weighted by atomic mass is 32.2. The van der Waals surface area contributed by atoms with Crippen LogP contribution in [0.2, 0.25) is 0 Å². The highest BCUT2D eigenvalue weighted by Crippen LogP contribution is 2.47. The Morgan fingerprint density at radius 3 is 2.15 bits per heavy atom. The summed E-state index contributed by atoms with van der Waals surface area (Å²) >= 11 is 0. The van der Waals surface area contributed by atoms with Crippen molar-refractivity contribution < 1.29 is 32.6 Å². The summed E-state index contributed by atoms with van der Waals surface area (Å²) in [6, 6.07) is 12.9. The van der Waals surface area contributed by atoms with Gasteiger partial charge in [0.05, 0.1) is 18.0 Å². The second-order valence-electron chi connectivity index (χ2n) is 12.8. The summed E-state index contributed by atoms with van der Waals surface area (Å²) < 4.78 is 40.6. The number of aliphatic carboxylic acids is 1. The summed E-state index contributed by atoms with van der Waals surface area (Å²) in [5.41, 5.74) is 11.4. The number of carboxylic acid groups (broad SMARTS) is 1. The third kappa shape index (κ3) is 5.90. The van der Waals surface area contributed by atoms with Gasteiger partial charge in [0, 0.05) is 6.54 Å². The van der Waals surface area contributed by atoms with Crippen molar-refractivity contribution in [1.82, 2.24) is 9.21 Å². The number of rotatable bonds is 9. The summed E-state index contributed by atoms with van der Waals surface area (Å²) in [5, 5.41) is 18.7. The average Bonchev–Trinajstić information content (AvgIpc) is 3.34. The lowest BCUT2D eigenvalue weighted by Crippen LogP contribution is -2.48. The number of carbonyl (C=O) groups excluding carboxylic acids is 1. The predicted molar refractivity (Wildman–Crippen MR) is 178 cm³/mol. The number of nitrogens with zero attached hydrogens (tertiary/aromatic N) is 2. The molecule has 12 heteroatoms. The van der Waals surface area contributed by atoms with Gasteiger partial charge in [-0.05, 0) is 105 Å². The molecule has 3 aromatic carbocycles. The maximum Gasteiger partial charge on any atom is 0.411 e. The Bertz CT molecular complexity index is 1830. The van der Waals surface area contributed by atoms with Crippen LogP contribution in [0.4, 0.5) is 4.79 Å². The number of methoxy groups -OCH3 is 1. The molecule has 0 bridgehead atoms. The number of sulfonamides is 1. The van der Waals surface area contributed by atoms with Gasteiger partial charge in [-0.2, -0.15) is 0 Å². The number of nitrogens with one attached hydrogen (secondary N) is 1. The fraction of sp³-hybridized carbons (Fsp3) is 0.400. The molecular weight excluding hydrogens is 620 g/mol. The second kappa shape index (κ2) is 12.6. The number of ether oxygens (including phenoxy) is 2. The number of hydrogen-bond acceptors (Lipinski definition) is 7. The van der Waals surface area contributed by atoms with E-state index in [1.165, 1.54) is 12.0 Å². The van der Waals surface area contributed by atoms with Crippen LogP contribution in [0.25, 0.3) is 11.1 Å². The van der Waals surface area contributed by atoms with Gasteiger partial charge in [0.15, 0.2) is 0 Å². The van der Waals surface area contributed by atoms with E-state index >= 15 is 0 Å². The van der Waals surface area contributed by atoms with E-state index in [1.54, 1.807) is 13.8 Å². The standard InChI is InChI=1S/C35H42N4O7S/c1-20-21(2)31(22(3)23-17-18-35(4,5)46-30(20)23)47(43,44)38(33(36)37)19-11-16-28(32(40)41)39(34(42)45-6)29-26-14-9-7-12-24(26)25-13-8-10-15-27(25)29/h7-10,12-15,28-29H,11,16-19H2,1-6H3,(H3,36,37)(H,40,41)/t28-/m0/s1. The van der Waals surface area contributed by atoms with Crippen molar-refractivity contribution in [3.63, 3.8) is 0 Å². The van der Waals surface area contributed by atoms with E-state index in [9.17, 15) is 23.1 Å². The second-order valence-corrected chi connectivity index (χ2v) is 14.6. The number of carbonyl (C=O) groups is 2. The van der Waals surface area contributed by atoms with Gasteiger partial charge in [-0.3, -0.25) is 10.3 Å². The molecule has 0 unspecified atom stereocenters. The van der Waals surface area contributed by atoms with Crippen molar-refractivity contribution in [1.29, 1.82) is 5.41 Å². The van der Waals surface area contributed by atoms with Crippen LogP contribution in [-0.2, 0) is 26.0 Å². The Morgan fingerprint density at radius 1 is 1.04 bits per heavy atom. The highest BCUT2D eigenvalue weighted by molar-refractivity contribution is 7.89. The molecule has 1 atom stereocenters. The maximum atomic E-state index is 14.2. The predicted octanol–water partition coefficient (Wildman–Crippen LogP) is 5.67. The molecule has 47 heavy (non-hydrogen) atoms. The molecule has 1 aliphatic heterocycles. The summed E-state index contributed by atoms with van der Waals surface area (Å²) in [7, 11) is -3.13. The quantitative estimate of drug-likeness (QED) is 0.195. The summed E-state index contributed by atoms with van der Waals surface area (Å²) in [5.74, 6) is -1.27. The first kappa shape index (κ1) is 33.8. The smallest absolute Gasteiger partial charge is 0.411 e. The summed E-state index contributed by atoms with van der Waals surface area (Å²) in [4.78, 5) is 27.4. The molecule has 4 N–H and O–H groups in total. The molecule has 3 aromatic rings. The molecule has 1 aliphatic carbocycles. The van der Waals surface area contributed by atoms with Crippen molar-refractivity contribution in [3.05, 3.63) is 81.9 Å². The minimum atomic E-state index is -4.33. The number of carboxylic acids is 1. The normalized spacial score (nSPS) is 15.4. The van der Waals surface area contributed by atoms with E-state index in [-0.39, 0.29) is 29.9 Å². The molecule has 0 radical (unpaired) electrons. The zero-order chi connectivity index (χ0) is 34.4. The average molecular weight is 663 g/mol. The first-order valence-corrected chi connectivity index (χ1v) is 17.0. The van der Waals surface area contributed by atoms with E-state index in [2.05, 4.69) is 0 Å². The van der Waals surface area contributed by atoms with Crippen LogP contribution in [0.5, 0.6) is 5.75 Å². The monoisotopic (exact) mass is 662 g/mol. The van der Waals surface area contributed by atoms with Gasteiger partial charge >= 0.3 is 12.1 Å². The fourth-order valence-corrected chi connectivity index (χ4v) is 8.87. The Labute approximate surface area is 275 Å². The summed E-state index contributed by atoms with van der Waals surface area (Å²) in [6.45, 7) is 9.00. The molecular formula is C35H42N4O7S. The lowest BCUT2D eigenvalue weighted by molar-refractivity contribution is -0.143. The minimum absolute atomic E-state index is 0.0153. The van der Waals surface area contributed by atoms with Gasteiger partial charge in [0.2, 0.25) is 5.96 Å². The Hall–Kier alpha value is -4.58. The molecule has 1 amide bonds. The largest absolute Gasteiger partial charge is 0.487 e. The van der Waals surface area contributed by atoms with E-state index in [4.69, 9.17) is 20.6 Å². The Kier molecular flexibility index (Phi) is 9.02. The molecule has 0 saturated carbocycles.